The third kappa shape index (κ3) is 8.59. The summed E-state index contributed by atoms with van der Waals surface area (Å²) in [7, 11) is -11.1. The van der Waals surface area contributed by atoms with Crippen LogP contribution in [0.1, 0.15) is 0 Å². The predicted molar refractivity (Wildman–Crippen MR) is 112 cm³/mol. The zero-order valence-electron chi connectivity index (χ0n) is 28.4. The number of rotatable bonds is 19. The van der Waals surface area contributed by atoms with Crippen LogP contribution in [0, 0.1) is 0 Å². The van der Waals surface area contributed by atoms with E-state index in [0.717, 1.165) is 13.3 Å². The topological polar surface area (TPSA) is 27.7 Å². The van der Waals surface area contributed by atoms with Crippen molar-refractivity contribution in [3.05, 3.63) is 0 Å². The van der Waals surface area contributed by atoms with Crippen LogP contribution in [0.4, 0.5) is 193 Å². The van der Waals surface area contributed by atoms with Crippen molar-refractivity contribution in [3.8, 4) is 0 Å². The Morgan fingerprint density at radius 1 is 0.162 bits per heavy atom. The van der Waals surface area contributed by atoms with Crippen molar-refractivity contribution in [1.82, 2.24) is 0 Å². The van der Waals surface area contributed by atoms with E-state index < -0.39 is 128 Å². The Labute approximate surface area is 336 Å². The Morgan fingerprint density at radius 3 is 0.397 bits per heavy atom. The molecule has 0 aromatic heterocycles. The van der Waals surface area contributed by atoms with Crippen molar-refractivity contribution in [3.63, 3.8) is 0 Å². The van der Waals surface area contributed by atoms with Crippen molar-refractivity contribution < 1.29 is 206 Å². The zero-order valence-corrected chi connectivity index (χ0v) is 29.4. The van der Waals surface area contributed by atoms with Crippen LogP contribution in [0.2, 0.25) is 0 Å². The summed E-state index contributed by atoms with van der Waals surface area (Å²) in [5.41, 5.74) is -9.79. The molecule has 0 aliphatic carbocycles. The number of alkyl halides is 44. The molecule has 0 saturated carbocycles. The average molecular weight is 1150 g/mol. The molecule has 0 atom stereocenters. The highest BCUT2D eigenvalue weighted by Crippen LogP contribution is 2.71. The molecule has 0 bridgehead atoms. The maximum absolute atomic E-state index is 14.5. The van der Waals surface area contributed by atoms with Gasteiger partial charge in [0.15, 0.2) is 0 Å². The van der Waals surface area contributed by atoms with Crippen LogP contribution in [0.25, 0.3) is 0 Å². The van der Waals surface area contributed by atoms with Crippen LogP contribution < -0.4 is 0 Å². The van der Waals surface area contributed by atoms with Gasteiger partial charge >= 0.3 is 128 Å². The largest absolute Gasteiger partial charge is 0.601 e. The molecular weight excluding hydrogens is 1150 g/mol. The predicted octanol–water partition coefficient (Wildman–Crippen LogP) is 13.8. The van der Waals surface area contributed by atoms with E-state index in [-0.39, 0.29) is 0 Å². The molecule has 48 heteroatoms. The summed E-state index contributed by atoms with van der Waals surface area (Å²) in [6.07, 6.45) is -32.9. The van der Waals surface area contributed by atoms with Crippen LogP contribution >= 0.6 is 0 Å². The second kappa shape index (κ2) is 16.0. The fourth-order valence-corrected chi connectivity index (χ4v) is 5.81. The maximum Gasteiger partial charge on any atom is 0.601 e. The van der Waals surface area contributed by atoms with Gasteiger partial charge in [-0.05, 0) is 0 Å². The van der Waals surface area contributed by atoms with E-state index in [1.807, 2.05) is 0 Å². The van der Waals surface area contributed by atoms with Gasteiger partial charge in [0, 0.05) is 0 Å². The first kappa shape index (κ1) is 65.0. The lowest BCUT2D eigenvalue weighted by Gasteiger charge is -2.47. The molecule has 0 aliphatic rings. The zero-order chi connectivity index (χ0) is 56.6. The molecule has 68 heavy (non-hydrogen) atoms. The first-order chi connectivity index (χ1) is 28.4. The number of halogens is 44. The molecule has 0 unspecified atom stereocenters. The molecule has 0 heterocycles. The van der Waals surface area contributed by atoms with E-state index in [2.05, 4.69) is 0 Å². The second-order valence-corrected chi connectivity index (χ2v) is 14.2. The number of hydrogen-bond acceptors (Lipinski definition) is 3. The van der Waals surface area contributed by atoms with Crippen molar-refractivity contribution >= 4 is 8.80 Å². The average Bonchev–Trinajstić information content (AvgIpc) is 3.03. The van der Waals surface area contributed by atoms with Crippen molar-refractivity contribution in [2.24, 2.45) is 0 Å². The first-order valence-corrected chi connectivity index (χ1v) is 15.5. The van der Waals surface area contributed by atoms with Crippen molar-refractivity contribution in [1.29, 1.82) is 0 Å². The Kier molecular flexibility index (Phi) is 15.3. The van der Waals surface area contributed by atoms with Crippen molar-refractivity contribution in [2.75, 3.05) is 0 Å². The Bertz CT molecular complexity index is 1750. The molecule has 3 nitrogen and oxygen atoms in total. The molecule has 0 fully saturated rings. The van der Waals surface area contributed by atoms with Gasteiger partial charge in [0.2, 0.25) is 0 Å². The van der Waals surface area contributed by atoms with Gasteiger partial charge in [-0.2, -0.15) is 154 Å². The highest BCUT2D eigenvalue weighted by molar-refractivity contribution is 6.64. The summed E-state index contributed by atoms with van der Waals surface area (Å²) in [6, 6.07) is 0. The maximum atomic E-state index is 14.5. The van der Waals surface area contributed by atoms with Crippen LogP contribution in [0.3, 0.4) is 0 Å². The van der Waals surface area contributed by atoms with Crippen LogP contribution in [-0.2, 0) is 13.3 Å². The van der Waals surface area contributed by atoms with Crippen LogP contribution in [0.5, 0.6) is 0 Å². The fraction of sp³-hybridized carbons (Fsp3) is 1.00. The van der Waals surface area contributed by atoms with E-state index >= 15 is 0 Å². The summed E-state index contributed by atoms with van der Waals surface area (Å²) in [4.78, 5) is 0. The fourth-order valence-electron chi connectivity index (χ4n) is 3.84. The van der Waals surface area contributed by atoms with Gasteiger partial charge in [-0.25, -0.2) is 0 Å². The molecule has 0 aromatic rings. The van der Waals surface area contributed by atoms with Crippen LogP contribution in [-0.4, -0.2) is 128 Å². The van der Waals surface area contributed by atoms with Gasteiger partial charge in [-0.15, -0.1) is 39.5 Å². The lowest BCUT2D eigenvalue weighted by molar-refractivity contribution is -0.492. The Balaban J connectivity index is 8.24. The van der Waals surface area contributed by atoms with E-state index in [9.17, 15) is 193 Å². The van der Waals surface area contributed by atoms with Crippen LogP contribution in [0.15, 0.2) is 0 Å². The molecule has 0 saturated heterocycles. The monoisotopic (exact) mass is 1150 g/mol. The van der Waals surface area contributed by atoms with Gasteiger partial charge in [0.1, 0.15) is 0 Å². The van der Waals surface area contributed by atoms with Gasteiger partial charge < -0.3 is 0 Å². The molecule has 0 aliphatic heterocycles. The molecule has 0 amide bonds. The van der Waals surface area contributed by atoms with Gasteiger partial charge in [0.05, 0.1) is 0 Å². The van der Waals surface area contributed by atoms with Crippen molar-refractivity contribution in [2.45, 2.75) is 120 Å². The lowest BCUT2D eigenvalue weighted by atomic mass is 9.82. The standard InChI is InChI=1S/C20F44O3Si/c21-1(22,2(23,24)4(27,28)6(31,32)8(35,36)10(39,40)12(43,44)14(47,48)16(51,52)53)3(25,26)5(29,30)7(33,34)9(37,38)11(41,42)13(45,46)15(49,50)17(54,55)68(65-18(56,57)58,66-19(59,60)61)67-20(62,63)64. The lowest BCUT2D eigenvalue weighted by Crippen LogP contribution is -2.81. The summed E-state index contributed by atoms with van der Waals surface area (Å²) in [5.74, 6) is -155. The third-order valence-electron chi connectivity index (χ3n) is 7.41. The minimum atomic E-state index is -11.1. The van der Waals surface area contributed by atoms with E-state index in [4.69, 9.17) is 0 Å². The highest BCUT2D eigenvalue weighted by Gasteiger charge is 3.03. The SMILES string of the molecule is FC(F)(F)O[Si](OC(F)(F)F)(OC(F)(F)F)C(F)(F)C(F)(F)C(F)(F)C(F)(F)C(F)(F)C(F)(F)C(F)(F)C(F)(F)C(F)(F)C(F)(F)C(F)(F)C(F)(F)C(F)(F)C(F)(F)C(F)(F)C(F)(F)C(F)(F)F. The third-order valence-corrected chi connectivity index (χ3v) is 9.99. The Hall–Kier alpha value is -2.98. The summed E-state index contributed by atoms with van der Waals surface area (Å²) < 4.78 is 597. The molecule has 0 spiro atoms. The molecule has 0 aromatic carbocycles. The minimum Gasteiger partial charge on any atom is -0.280 e. The molecule has 0 N–H and O–H groups in total. The number of hydrogen-bond donors (Lipinski definition) is 0. The normalized spacial score (nSPS) is 17.3. The second-order valence-electron chi connectivity index (χ2n) is 11.9. The minimum absolute atomic E-state index is 1.11. The van der Waals surface area contributed by atoms with Gasteiger partial charge in [0.25, 0.3) is 0 Å². The molecule has 410 valence electrons. The van der Waals surface area contributed by atoms with E-state index in [1.165, 1.54) is 0 Å². The molecular formula is C20F44O3Si. The van der Waals surface area contributed by atoms with Gasteiger partial charge in [-0.3, -0.25) is 13.3 Å². The smallest absolute Gasteiger partial charge is 0.280 e. The summed E-state index contributed by atoms with van der Waals surface area (Å²) in [5, 5.41) is 0. The highest BCUT2D eigenvalue weighted by atomic mass is 28.4. The first-order valence-electron chi connectivity index (χ1n) is 13.8. The Morgan fingerprint density at radius 2 is 0.279 bits per heavy atom. The summed E-state index contributed by atoms with van der Waals surface area (Å²) in [6.45, 7) is 0. The van der Waals surface area contributed by atoms with E-state index in [1.54, 1.807) is 0 Å². The molecule has 0 rings (SSSR count). The quantitative estimate of drug-likeness (QED) is 0.0953. The van der Waals surface area contributed by atoms with E-state index in [0.29, 0.717) is 0 Å². The molecule has 0 radical (unpaired) electrons. The summed E-state index contributed by atoms with van der Waals surface area (Å²) >= 11 is 0. The van der Waals surface area contributed by atoms with Gasteiger partial charge in [-0.1, -0.05) is 0 Å².